The number of methoxy groups -OCH3 is 1. The zero-order valence-corrected chi connectivity index (χ0v) is 13.9. The molecule has 0 spiro atoms. The van der Waals surface area contributed by atoms with E-state index in [2.05, 4.69) is 10.2 Å². The number of benzene rings is 1. The smallest absolute Gasteiger partial charge is 0.260 e. The highest BCUT2D eigenvalue weighted by Crippen LogP contribution is 2.26. The number of hydrogen-bond acceptors (Lipinski definition) is 5. The fraction of sp³-hybridized carbons (Fsp3) is 0.588. The largest absolute Gasteiger partial charge is 0.493 e. The number of rotatable bonds is 8. The first kappa shape index (κ1) is 17.6. The van der Waals surface area contributed by atoms with Gasteiger partial charge in [0.1, 0.15) is 0 Å². The lowest BCUT2D eigenvalue weighted by molar-refractivity contribution is -0.127. The molecule has 0 aliphatic carbocycles. The van der Waals surface area contributed by atoms with Crippen LogP contribution in [0, 0.1) is 0 Å². The minimum absolute atomic E-state index is 0.113. The van der Waals surface area contributed by atoms with Crippen LogP contribution in [0.4, 0.5) is 0 Å². The third-order valence-electron chi connectivity index (χ3n) is 3.80. The van der Waals surface area contributed by atoms with E-state index < -0.39 is 6.10 Å². The van der Waals surface area contributed by atoms with Gasteiger partial charge < -0.3 is 19.5 Å². The molecule has 0 radical (unpaired) electrons. The van der Waals surface area contributed by atoms with Crippen LogP contribution >= 0.6 is 0 Å². The van der Waals surface area contributed by atoms with Crippen molar-refractivity contribution in [1.29, 1.82) is 0 Å². The number of hydrogen-bond donors (Lipinski definition) is 1. The van der Waals surface area contributed by atoms with Crippen LogP contribution < -0.4 is 14.8 Å². The molecule has 1 aromatic rings. The van der Waals surface area contributed by atoms with Crippen molar-refractivity contribution in [2.45, 2.75) is 19.4 Å². The second kappa shape index (κ2) is 9.37. The van der Waals surface area contributed by atoms with E-state index in [-0.39, 0.29) is 5.91 Å². The van der Waals surface area contributed by atoms with Gasteiger partial charge in [-0.2, -0.15) is 0 Å². The molecule has 1 atom stereocenters. The van der Waals surface area contributed by atoms with Gasteiger partial charge in [-0.05, 0) is 32.0 Å². The number of nitrogens with one attached hydrogen (secondary N) is 1. The highest BCUT2D eigenvalue weighted by atomic mass is 16.5. The van der Waals surface area contributed by atoms with Gasteiger partial charge in [-0.15, -0.1) is 0 Å². The Morgan fingerprint density at radius 3 is 2.70 bits per heavy atom. The minimum atomic E-state index is -0.560. The lowest BCUT2D eigenvalue weighted by Gasteiger charge is -2.26. The van der Waals surface area contributed by atoms with Gasteiger partial charge in [0.05, 0.1) is 20.3 Å². The number of ether oxygens (including phenoxy) is 3. The number of carbonyl (C=O) groups is 1. The molecule has 1 heterocycles. The summed E-state index contributed by atoms with van der Waals surface area (Å²) in [4.78, 5) is 14.4. The molecule has 6 nitrogen and oxygen atoms in total. The topological polar surface area (TPSA) is 60.0 Å². The normalized spacial score (nSPS) is 16.6. The van der Waals surface area contributed by atoms with E-state index in [1.807, 2.05) is 18.2 Å². The van der Waals surface area contributed by atoms with Crippen molar-refractivity contribution in [2.75, 3.05) is 46.5 Å². The van der Waals surface area contributed by atoms with Crippen molar-refractivity contribution < 1.29 is 19.0 Å². The molecule has 1 aliphatic rings. The van der Waals surface area contributed by atoms with Gasteiger partial charge in [0.2, 0.25) is 0 Å². The molecule has 6 heteroatoms. The summed E-state index contributed by atoms with van der Waals surface area (Å²) in [5.74, 6) is 1.09. The molecule has 1 N–H and O–H groups in total. The predicted octanol–water partition coefficient (Wildman–Crippen LogP) is 1.30. The Kier molecular flexibility index (Phi) is 7.16. The van der Waals surface area contributed by atoms with Crippen molar-refractivity contribution in [2.24, 2.45) is 0 Å². The Hall–Kier alpha value is -1.79. The molecule has 1 aliphatic heterocycles. The Labute approximate surface area is 137 Å². The molecular formula is C17H26N2O4. The van der Waals surface area contributed by atoms with Gasteiger partial charge in [-0.25, -0.2) is 0 Å². The molecule has 1 unspecified atom stereocenters. The second-order valence-electron chi connectivity index (χ2n) is 5.51. The van der Waals surface area contributed by atoms with Crippen LogP contribution in [0.15, 0.2) is 24.3 Å². The van der Waals surface area contributed by atoms with E-state index in [1.165, 1.54) is 0 Å². The first-order valence-electron chi connectivity index (χ1n) is 8.08. The molecule has 0 saturated carbocycles. The van der Waals surface area contributed by atoms with E-state index in [4.69, 9.17) is 14.2 Å². The summed E-state index contributed by atoms with van der Waals surface area (Å²) in [7, 11) is 1.58. The van der Waals surface area contributed by atoms with Crippen molar-refractivity contribution in [3.05, 3.63) is 24.3 Å². The molecular weight excluding hydrogens is 296 g/mol. The van der Waals surface area contributed by atoms with Gasteiger partial charge >= 0.3 is 0 Å². The van der Waals surface area contributed by atoms with E-state index in [9.17, 15) is 4.79 Å². The van der Waals surface area contributed by atoms with Crippen LogP contribution in [-0.4, -0.2) is 63.4 Å². The summed E-state index contributed by atoms with van der Waals surface area (Å²) in [6.07, 6.45) is 0.363. The average molecular weight is 322 g/mol. The number of nitrogens with zero attached hydrogens (tertiary/aromatic N) is 1. The molecule has 128 valence electrons. The number of morpholine rings is 1. The Bertz CT molecular complexity index is 489. The van der Waals surface area contributed by atoms with E-state index >= 15 is 0 Å². The third-order valence-corrected chi connectivity index (χ3v) is 3.80. The standard InChI is InChI=1S/C17H26N2O4/c1-14(23-16-7-4-3-6-15(16)21-2)17(20)18-8-5-9-19-10-12-22-13-11-19/h3-4,6-7,14H,5,8-13H2,1-2H3,(H,18,20). The summed E-state index contributed by atoms with van der Waals surface area (Å²) >= 11 is 0. The molecule has 1 fully saturated rings. The Balaban J connectivity index is 1.68. The van der Waals surface area contributed by atoms with Crippen LogP contribution in [-0.2, 0) is 9.53 Å². The number of carbonyl (C=O) groups excluding carboxylic acids is 1. The fourth-order valence-corrected chi connectivity index (χ4v) is 2.44. The quantitative estimate of drug-likeness (QED) is 0.731. The summed E-state index contributed by atoms with van der Waals surface area (Å²) in [5, 5.41) is 2.92. The molecule has 23 heavy (non-hydrogen) atoms. The van der Waals surface area contributed by atoms with Crippen LogP contribution in [0.1, 0.15) is 13.3 Å². The van der Waals surface area contributed by atoms with E-state index in [1.54, 1.807) is 20.1 Å². The Morgan fingerprint density at radius 1 is 1.30 bits per heavy atom. The predicted molar refractivity (Wildman–Crippen MR) is 88.0 cm³/mol. The first-order valence-corrected chi connectivity index (χ1v) is 8.08. The van der Waals surface area contributed by atoms with Gasteiger partial charge in [0.15, 0.2) is 17.6 Å². The van der Waals surface area contributed by atoms with Gasteiger partial charge in [-0.3, -0.25) is 9.69 Å². The summed E-state index contributed by atoms with van der Waals surface area (Å²) in [5.41, 5.74) is 0. The molecule has 1 amide bonds. The van der Waals surface area contributed by atoms with Crippen molar-refractivity contribution in [3.63, 3.8) is 0 Å². The number of para-hydroxylation sites is 2. The SMILES string of the molecule is COc1ccccc1OC(C)C(=O)NCCCN1CCOCC1. The molecule has 0 bridgehead atoms. The van der Waals surface area contributed by atoms with E-state index in [0.29, 0.717) is 18.0 Å². The lowest BCUT2D eigenvalue weighted by atomic mass is 10.3. The fourth-order valence-electron chi connectivity index (χ4n) is 2.44. The lowest BCUT2D eigenvalue weighted by Crippen LogP contribution is -2.40. The molecule has 0 aromatic heterocycles. The summed E-state index contributed by atoms with van der Waals surface area (Å²) in [6.45, 7) is 6.92. The van der Waals surface area contributed by atoms with Gasteiger partial charge in [-0.1, -0.05) is 12.1 Å². The van der Waals surface area contributed by atoms with Gasteiger partial charge in [0, 0.05) is 19.6 Å². The van der Waals surface area contributed by atoms with Crippen molar-refractivity contribution in [3.8, 4) is 11.5 Å². The van der Waals surface area contributed by atoms with Gasteiger partial charge in [0.25, 0.3) is 5.91 Å². The highest BCUT2D eigenvalue weighted by molar-refractivity contribution is 5.80. The van der Waals surface area contributed by atoms with Crippen molar-refractivity contribution >= 4 is 5.91 Å². The monoisotopic (exact) mass is 322 g/mol. The van der Waals surface area contributed by atoms with Crippen molar-refractivity contribution in [1.82, 2.24) is 10.2 Å². The zero-order chi connectivity index (χ0) is 16.5. The van der Waals surface area contributed by atoms with E-state index in [0.717, 1.165) is 39.3 Å². The summed E-state index contributed by atoms with van der Waals surface area (Å²) < 4.78 is 16.2. The Morgan fingerprint density at radius 2 is 2.00 bits per heavy atom. The maximum atomic E-state index is 12.1. The molecule has 1 aromatic carbocycles. The molecule has 2 rings (SSSR count). The average Bonchev–Trinajstić information content (AvgIpc) is 2.60. The zero-order valence-electron chi connectivity index (χ0n) is 13.9. The minimum Gasteiger partial charge on any atom is -0.493 e. The van der Waals surface area contributed by atoms with Crippen LogP contribution in [0.25, 0.3) is 0 Å². The second-order valence-corrected chi connectivity index (χ2v) is 5.51. The van der Waals surface area contributed by atoms with Crippen LogP contribution in [0.3, 0.4) is 0 Å². The molecule has 1 saturated heterocycles. The third kappa shape index (κ3) is 5.73. The summed E-state index contributed by atoms with van der Waals surface area (Å²) in [6, 6.07) is 7.32. The first-order chi connectivity index (χ1) is 11.2. The maximum absolute atomic E-state index is 12.1. The highest BCUT2D eigenvalue weighted by Gasteiger charge is 2.16. The number of amides is 1. The van der Waals surface area contributed by atoms with Crippen LogP contribution in [0.5, 0.6) is 11.5 Å². The maximum Gasteiger partial charge on any atom is 0.260 e. The van der Waals surface area contributed by atoms with Crippen LogP contribution in [0.2, 0.25) is 0 Å².